The van der Waals surface area contributed by atoms with Crippen LogP contribution < -0.4 is 5.32 Å². The number of carbonyl (C=O) groups excluding carboxylic acids is 1. The SMILES string of the molecule is O=C(CI)Nc1ccc(F)c(Cl)c1. The minimum atomic E-state index is -0.492. The zero-order valence-corrected chi connectivity index (χ0v) is 9.39. The second-order valence-corrected chi connectivity index (χ2v) is 3.48. The quantitative estimate of drug-likeness (QED) is 0.660. The van der Waals surface area contributed by atoms with E-state index in [1.54, 1.807) is 0 Å². The second-order valence-electron chi connectivity index (χ2n) is 2.31. The molecule has 0 spiro atoms. The third kappa shape index (κ3) is 3.11. The number of amides is 1. The molecule has 0 bridgehead atoms. The lowest BCUT2D eigenvalue weighted by Gasteiger charge is -2.03. The topological polar surface area (TPSA) is 29.1 Å². The Morgan fingerprint density at radius 3 is 2.85 bits per heavy atom. The van der Waals surface area contributed by atoms with Gasteiger partial charge in [-0.15, -0.1) is 0 Å². The van der Waals surface area contributed by atoms with Crippen LogP contribution in [0.1, 0.15) is 0 Å². The molecule has 0 aliphatic heterocycles. The van der Waals surface area contributed by atoms with Crippen molar-refractivity contribution < 1.29 is 9.18 Å². The summed E-state index contributed by atoms with van der Waals surface area (Å²) in [5.41, 5.74) is 0.507. The number of carbonyl (C=O) groups is 1. The molecule has 70 valence electrons. The van der Waals surface area contributed by atoms with Crippen LogP contribution in [0.25, 0.3) is 0 Å². The lowest BCUT2D eigenvalue weighted by Crippen LogP contribution is -2.12. The van der Waals surface area contributed by atoms with Crippen molar-refractivity contribution in [2.45, 2.75) is 0 Å². The van der Waals surface area contributed by atoms with E-state index in [0.29, 0.717) is 10.1 Å². The first-order valence-electron chi connectivity index (χ1n) is 3.44. The molecule has 0 aliphatic carbocycles. The molecule has 1 aromatic carbocycles. The van der Waals surface area contributed by atoms with Crippen molar-refractivity contribution in [1.82, 2.24) is 0 Å². The van der Waals surface area contributed by atoms with E-state index in [1.165, 1.54) is 18.2 Å². The highest BCUT2D eigenvalue weighted by atomic mass is 127. The molecule has 0 fully saturated rings. The van der Waals surface area contributed by atoms with Crippen LogP contribution in [0.5, 0.6) is 0 Å². The maximum absolute atomic E-state index is 12.7. The van der Waals surface area contributed by atoms with Crippen LogP contribution in [-0.4, -0.2) is 10.3 Å². The molecular weight excluding hydrogens is 307 g/mol. The van der Waals surface area contributed by atoms with Crippen molar-refractivity contribution in [1.29, 1.82) is 0 Å². The molecule has 1 N–H and O–H groups in total. The molecule has 1 rings (SSSR count). The van der Waals surface area contributed by atoms with Gasteiger partial charge in [0, 0.05) is 5.69 Å². The number of anilines is 1. The molecule has 1 aromatic rings. The highest BCUT2D eigenvalue weighted by molar-refractivity contribution is 14.1. The Morgan fingerprint density at radius 2 is 2.31 bits per heavy atom. The summed E-state index contributed by atoms with van der Waals surface area (Å²) in [6.07, 6.45) is 0. The predicted molar refractivity (Wildman–Crippen MR) is 58.9 cm³/mol. The monoisotopic (exact) mass is 313 g/mol. The van der Waals surface area contributed by atoms with Crippen molar-refractivity contribution in [3.63, 3.8) is 0 Å². The van der Waals surface area contributed by atoms with Crippen LogP contribution in [0.3, 0.4) is 0 Å². The molecule has 0 aliphatic rings. The van der Waals surface area contributed by atoms with E-state index in [2.05, 4.69) is 5.32 Å². The van der Waals surface area contributed by atoms with E-state index in [-0.39, 0.29) is 10.9 Å². The minimum absolute atomic E-state index is 0.00579. The molecule has 5 heteroatoms. The highest BCUT2D eigenvalue weighted by Crippen LogP contribution is 2.19. The van der Waals surface area contributed by atoms with Gasteiger partial charge in [-0.25, -0.2) is 4.39 Å². The first-order chi connectivity index (χ1) is 6.13. The average molecular weight is 313 g/mol. The second kappa shape index (κ2) is 4.76. The Kier molecular flexibility index (Phi) is 3.92. The van der Waals surface area contributed by atoms with Gasteiger partial charge in [0.2, 0.25) is 5.91 Å². The molecule has 0 saturated heterocycles. The summed E-state index contributed by atoms with van der Waals surface area (Å²) >= 11 is 7.45. The molecule has 0 radical (unpaired) electrons. The minimum Gasteiger partial charge on any atom is -0.325 e. The fourth-order valence-corrected chi connectivity index (χ4v) is 1.14. The zero-order valence-electron chi connectivity index (χ0n) is 6.48. The van der Waals surface area contributed by atoms with Crippen molar-refractivity contribution in [3.05, 3.63) is 29.0 Å². The van der Waals surface area contributed by atoms with Gasteiger partial charge in [-0.3, -0.25) is 4.79 Å². The van der Waals surface area contributed by atoms with Gasteiger partial charge < -0.3 is 5.32 Å². The van der Waals surface area contributed by atoms with E-state index in [0.717, 1.165) is 0 Å². The summed E-state index contributed by atoms with van der Waals surface area (Å²) in [4.78, 5) is 10.9. The Hall–Kier alpha value is -0.360. The summed E-state index contributed by atoms with van der Waals surface area (Å²) < 4.78 is 13.0. The third-order valence-corrected chi connectivity index (χ3v) is 2.31. The summed E-state index contributed by atoms with van der Waals surface area (Å²) in [6, 6.07) is 4.05. The largest absolute Gasteiger partial charge is 0.325 e. The molecular formula is C8H6ClFINO. The molecule has 0 unspecified atom stereocenters. The Bertz CT molecular complexity index is 332. The van der Waals surface area contributed by atoms with Gasteiger partial charge in [0.25, 0.3) is 0 Å². The number of benzene rings is 1. The van der Waals surface area contributed by atoms with Gasteiger partial charge in [-0.05, 0) is 18.2 Å². The normalized spacial score (nSPS) is 9.77. The summed E-state index contributed by atoms with van der Waals surface area (Å²) in [7, 11) is 0. The van der Waals surface area contributed by atoms with E-state index in [1.807, 2.05) is 22.6 Å². The van der Waals surface area contributed by atoms with Gasteiger partial charge >= 0.3 is 0 Å². The molecule has 1 amide bonds. The lowest BCUT2D eigenvalue weighted by atomic mass is 10.3. The summed E-state index contributed by atoms with van der Waals surface area (Å²) in [6.45, 7) is 0. The van der Waals surface area contributed by atoms with Crippen LogP contribution in [0.15, 0.2) is 18.2 Å². The first kappa shape index (κ1) is 10.7. The van der Waals surface area contributed by atoms with Crippen LogP contribution in [0.2, 0.25) is 5.02 Å². The number of hydrogen-bond acceptors (Lipinski definition) is 1. The maximum Gasteiger partial charge on any atom is 0.234 e. The Balaban J connectivity index is 2.79. The van der Waals surface area contributed by atoms with Crippen LogP contribution in [-0.2, 0) is 4.79 Å². The molecule has 0 saturated carbocycles. The lowest BCUT2D eigenvalue weighted by molar-refractivity contribution is -0.113. The summed E-state index contributed by atoms with van der Waals surface area (Å²) in [5.74, 6) is -0.627. The number of rotatable bonds is 2. The zero-order chi connectivity index (χ0) is 9.84. The molecule has 0 heterocycles. The van der Waals surface area contributed by atoms with Gasteiger partial charge in [0.15, 0.2) is 0 Å². The smallest absolute Gasteiger partial charge is 0.234 e. The van der Waals surface area contributed by atoms with Crippen molar-refractivity contribution in [3.8, 4) is 0 Å². The first-order valence-corrected chi connectivity index (χ1v) is 5.34. The fourth-order valence-electron chi connectivity index (χ4n) is 0.768. The number of halogens is 3. The predicted octanol–water partition coefficient (Wildman–Crippen LogP) is 2.85. The Labute approximate surface area is 93.6 Å². The summed E-state index contributed by atoms with van der Waals surface area (Å²) in [5, 5.41) is 2.57. The molecule has 0 atom stereocenters. The van der Waals surface area contributed by atoms with E-state index < -0.39 is 5.82 Å². The van der Waals surface area contributed by atoms with Gasteiger partial charge in [-0.2, -0.15) is 0 Å². The van der Waals surface area contributed by atoms with Crippen molar-refractivity contribution in [2.75, 3.05) is 9.74 Å². The number of alkyl halides is 1. The molecule has 13 heavy (non-hydrogen) atoms. The van der Waals surface area contributed by atoms with Gasteiger partial charge in [0.1, 0.15) is 5.82 Å². The standard InChI is InChI=1S/C8H6ClFINO/c9-6-3-5(1-2-7(6)10)12-8(13)4-11/h1-3H,4H2,(H,12,13). The average Bonchev–Trinajstić information content (AvgIpc) is 2.11. The van der Waals surface area contributed by atoms with Gasteiger partial charge in [-0.1, -0.05) is 34.2 Å². The van der Waals surface area contributed by atoms with Crippen LogP contribution in [0.4, 0.5) is 10.1 Å². The molecule has 0 aromatic heterocycles. The van der Waals surface area contributed by atoms with Crippen LogP contribution >= 0.6 is 34.2 Å². The van der Waals surface area contributed by atoms with E-state index in [4.69, 9.17) is 11.6 Å². The van der Waals surface area contributed by atoms with Crippen molar-refractivity contribution in [2.24, 2.45) is 0 Å². The molecule has 2 nitrogen and oxygen atoms in total. The fraction of sp³-hybridized carbons (Fsp3) is 0.125. The highest BCUT2D eigenvalue weighted by Gasteiger charge is 2.03. The van der Waals surface area contributed by atoms with E-state index >= 15 is 0 Å². The van der Waals surface area contributed by atoms with E-state index in [9.17, 15) is 9.18 Å². The van der Waals surface area contributed by atoms with Crippen molar-refractivity contribution >= 4 is 45.8 Å². The number of hydrogen-bond donors (Lipinski definition) is 1. The number of nitrogens with one attached hydrogen (secondary N) is 1. The third-order valence-electron chi connectivity index (χ3n) is 1.32. The van der Waals surface area contributed by atoms with Gasteiger partial charge in [0.05, 0.1) is 9.45 Å². The maximum atomic E-state index is 12.7. The van der Waals surface area contributed by atoms with Crippen LogP contribution in [0, 0.1) is 5.82 Å². The Morgan fingerprint density at radius 1 is 1.62 bits per heavy atom.